The lowest BCUT2D eigenvalue weighted by molar-refractivity contribution is -0.129. The van der Waals surface area contributed by atoms with E-state index in [1.807, 2.05) is 36.9 Å². The Morgan fingerprint density at radius 3 is 2.89 bits per heavy atom. The summed E-state index contributed by atoms with van der Waals surface area (Å²) >= 11 is 1.39. The van der Waals surface area contributed by atoms with Crippen LogP contribution in [0.4, 0.5) is 11.6 Å². The summed E-state index contributed by atoms with van der Waals surface area (Å²) in [5, 5.41) is 10.1. The van der Waals surface area contributed by atoms with Crippen LogP contribution in [-0.4, -0.2) is 50.0 Å². The Labute approximate surface area is 212 Å². The molecular formula is C25H28N6O4S. The van der Waals surface area contributed by atoms with E-state index in [2.05, 4.69) is 20.7 Å². The average molecular weight is 509 g/mol. The van der Waals surface area contributed by atoms with Gasteiger partial charge in [0.25, 0.3) is 11.8 Å². The number of nitrogens with zero attached hydrogens (tertiary/aromatic N) is 4. The Balaban J connectivity index is 1.46. The van der Waals surface area contributed by atoms with Crippen LogP contribution >= 0.6 is 11.3 Å². The highest BCUT2D eigenvalue weighted by atomic mass is 32.1. The van der Waals surface area contributed by atoms with Gasteiger partial charge in [0, 0.05) is 49.5 Å². The summed E-state index contributed by atoms with van der Waals surface area (Å²) in [4.78, 5) is 31.8. The summed E-state index contributed by atoms with van der Waals surface area (Å²) in [6.45, 7) is 7.23. The Kier molecular flexibility index (Phi) is 6.27. The van der Waals surface area contributed by atoms with Crippen molar-refractivity contribution in [3.63, 3.8) is 0 Å². The molecule has 0 atom stereocenters. The van der Waals surface area contributed by atoms with E-state index < -0.39 is 5.60 Å². The Hall–Kier alpha value is -3.70. The fourth-order valence-corrected chi connectivity index (χ4v) is 4.92. The molecule has 5 rings (SSSR count). The van der Waals surface area contributed by atoms with Crippen LogP contribution in [-0.2, 0) is 23.1 Å². The molecule has 0 saturated heterocycles. The molecule has 1 aliphatic rings. The molecule has 10 nitrogen and oxygen atoms in total. The molecule has 4 heterocycles. The van der Waals surface area contributed by atoms with E-state index in [0.717, 1.165) is 22.4 Å². The number of amides is 2. The zero-order valence-corrected chi connectivity index (χ0v) is 21.4. The number of aryl methyl sites for hydroxylation is 2. The minimum absolute atomic E-state index is 0.221. The van der Waals surface area contributed by atoms with Gasteiger partial charge in [-0.1, -0.05) is 0 Å². The zero-order chi connectivity index (χ0) is 25.4. The number of rotatable bonds is 8. The number of hydrogen-bond donors (Lipinski definition) is 2. The Bertz CT molecular complexity index is 1450. The normalized spacial score (nSPS) is 14.4. The highest BCUT2D eigenvalue weighted by Gasteiger charge is 2.36. The molecule has 4 aromatic rings. The predicted octanol–water partition coefficient (Wildman–Crippen LogP) is 4.29. The van der Waals surface area contributed by atoms with Crippen LogP contribution in [0.2, 0.25) is 0 Å². The molecule has 0 fully saturated rings. The van der Waals surface area contributed by atoms with Crippen molar-refractivity contribution in [3.05, 3.63) is 41.5 Å². The van der Waals surface area contributed by atoms with Crippen molar-refractivity contribution in [1.29, 1.82) is 0 Å². The van der Waals surface area contributed by atoms with Gasteiger partial charge in [0.05, 0.1) is 27.8 Å². The number of anilines is 2. The second-order valence-electron chi connectivity index (χ2n) is 9.06. The molecule has 188 valence electrons. The van der Waals surface area contributed by atoms with E-state index in [4.69, 9.17) is 9.47 Å². The minimum atomic E-state index is -0.983. The number of aromatic nitrogens is 4. The van der Waals surface area contributed by atoms with Crippen molar-refractivity contribution in [2.75, 3.05) is 23.8 Å². The first-order valence-electron chi connectivity index (χ1n) is 11.8. The molecule has 2 amide bonds. The quantitative estimate of drug-likeness (QED) is 0.344. The number of carbonyl (C=O) groups is 2. The van der Waals surface area contributed by atoms with Gasteiger partial charge in [-0.05, 0) is 45.4 Å². The monoisotopic (exact) mass is 508 g/mol. The predicted molar refractivity (Wildman–Crippen MR) is 139 cm³/mol. The van der Waals surface area contributed by atoms with E-state index in [1.54, 1.807) is 36.9 Å². The molecule has 3 aromatic heterocycles. The summed E-state index contributed by atoms with van der Waals surface area (Å²) in [7, 11) is 1.86. The molecule has 0 bridgehead atoms. The molecule has 0 radical (unpaired) electrons. The molecule has 0 saturated carbocycles. The van der Waals surface area contributed by atoms with Crippen molar-refractivity contribution in [3.8, 4) is 16.2 Å². The molecule has 36 heavy (non-hydrogen) atoms. The molecular weight excluding hydrogens is 480 g/mol. The smallest absolute Gasteiger partial charge is 0.268 e. The van der Waals surface area contributed by atoms with E-state index in [9.17, 15) is 9.59 Å². The minimum Gasteiger partial charge on any atom is -0.476 e. The van der Waals surface area contributed by atoms with E-state index in [1.165, 1.54) is 11.3 Å². The third-order valence-corrected chi connectivity index (χ3v) is 7.06. The van der Waals surface area contributed by atoms with Gasteiger partial charge >= 0.3 is 0 Å². The van der Waals surface area contributed by atoms with Crippen molar-refractivity contribution in [2.45, 2.75) is 39.3 Å². The van der Waals surface area contributed by atoms with Gasteiger partial charge in [-0.25, -0.2) is 4.98 Å². The fraction of sp³-hybridized carbons (Fsp3) is 0.360. The summed E-state index contributed by atoms with van der Waals surface area (Å²) in [5.41, 5.74) is 1.98. The Morgan fingerprint density at radius 2 is 2.14 bits per heavy atom. The number of carbonyl (C=O) groups excluding carboxylic acids is 2. The average Bonchev–Trinajstić information content (AvgIpc) is 3.55. The van der Waals surface area contributed by atoms with Crippen LogP contribution in [0.1, 0.15) is 36.9 Å². The molecule has 1 aliphatic heterocycles. The van der Waals surface area contributed by atoms with Gasteiger partial charge in [0.2, 0.25) is 5.95 Å². The maximum Gasteiger partial charge on any atom is 0.268 e. The number of thiophene rings is 1. The van der Waals surface area contributed by atoms with Crippen molar-refractivity contribution in [2.24, 2.45) is 7.05 Å². The molecule has 1 aromatic carbocycles. The number of ether oxygens (including phenoxy) is 2. The topological polar surface area (TPSA) is 112 Å². The number of benzene rings is 1. The first-order chi connectivity index (χ1) is 17.2. The summed E-state index contributed by atoms with van der Waals surface area (Å²) in [6.07, 6.45) is 4.43. The molecule has 2 N–H and O–H groups in total. The SMILES string of the molecule is CCOCCCn1c(NC(=O)c2ccc(-c3cnn(C)c3)s2)nc2cc3c(cc21)OC(C)(C)C(=O)N3. The van der Waals surface area contributed by atoms with Gasteiger partial charge in [-0.15, -0.1) is 11.3 Å². The maximum atomic E-state index is 13.2. The Morgan fingerprint density at radius 1 is 1.31 bits per heavy atom. The van der Waals surface area contributed by atoms with E-state index >= 15 is 0 Å². The lowest BCUT2D eigenvalue weighted by Crippen LogP contribution is -2.45. The standard InChI is InChI=1S/C25H28N6O4S/c1-5-34-10-6-9-31-18-12-19-17(27-23(33)25(2,3)35-19)11-16(18)28-24(31)29-22(32)21-8-7-20(36-21)15-13-26-30(4)14-15/h7-8,11-14H,5-6,9-10H2,1-4H3,(H,27,33)(H,28,29,32). The summed E-state index contributed by atoms with van der Waals surface area (Å²) in [5.74, 6) is 0.527. The summed E-state index contributed by atoms with van der Waals surface area (Å²) in [6, 6.07) is 7.35. The van der Waals surface area contributed by atoms with Crippen LogP contribution in [0.15, 0.2) is 36.7 Å². The lowest BCUT2D eigenvalue weighted by Gasteiger charge is -2.31. The number of imidazole rings is 1. The largest absolute Gasteiger partial charge is 0.476 e. The van der Waals surface area contributed by atoms with Crippen molar-refractivity contribution >= 4 is 45.8 Å². The van der Waals surface area contributed by atoms with Crippen LogP contribution in [0.5, 0.6) is 5.75 Å². The number of hydrogen-bond acceptors (Lipinski definition) is 7. The highest BCUT2D eigenvalue weighted by Crippen LogP contribution is 2.38. The van der Waals surface area contributed by atoms with E-state index in [-0.39, 0.29) is 11.8 Å². The van der Waals surface area contributed by atoms with Crippen LogP contribution in [0.3, 0.4) is 0 Å². The molecule has 0 aliphatic carbocycles. The first kappa shape index (κ1) is 24.0. The maximum absolute atomic E-state index is 13.2. The highest BCUT2D eigenvalue weighted by molar-refractivity contribution is 7.17. The van der Waals surface area contributed by atoms with Crippen LogP contribution in [0, 0.1) is 0 Å². The molecule has 0 spiro atoms. The van der Waals surface area contributed by atoms with Crippen molar-refractivity contribution in [1.82, 2.24) is 19.3 Å². The second-order valence-corrected chi connectivity index (χ2v) is 10.1. The number of nitrogens with one attached hydrogen (secondary N) is 2. The molecule has 0 unspecified atom stereocenters. The first-order valence-corrected chi connectivity index (χ1v) is 12.6. The third kappa shape index (κ3) is 4.59. The van der Waals surface area contributed by atoms with Crippen molar-refractivity contribution < 1.29 is 19.1 Å². The second kappa shape index (κ2) is 9.40. The third-order valence-electron chi connectivity index (χ3n) is 5.93. The van der Waals surface area contributed by atoms with Gasteiger partial charge in [0.15, 0.2) is 5.60 Å². The fourth-order valence-electron chi connectivity index (χ4n) is 4.05. The van der Waals surface area contributed by atoms with Gasteiger partial charge in [-0.2, -0.15) is 5.10 Å². The van der Waals surface area contributed by atoms with E-state index in [0.29, 0.717) is 47.5 Å². The van der Waals surface area contributed by atoms with Crippen LogP contribution in [0.25, 0.3) is 21.5 Å². The number of fused-ring (bicyclic) bond motifs is 2. The van der Waals surface area contributed by atoms with Gasteiger partial charge in [-0.3, -0.25) is 19.6 Å². The summed E-state index contributed by atoms with van der Waals surface area (Å²) < 4.78 is 15.2. The van der Waals surface area contributed by atoms with Crippen LogP contribution < -0.4 is 15.4 Å². The lowest BCUT2D eigenvalue weighted by atomic mass is 10.1. The van der Waals surface area contributed by atoms with Gasteiger partial charge in [0.1, 0.15) is 5.75 Å². The zero-order valence-electron chi connectivity index (χ0n) is 20.6. The van der Waals surface area contributed by atoms with Gasteiger partial charge < -0.3 is 19.4 Å². The molecule has 11 heteroatoms.